The van der Waals surface area contributed by atoms with E-state index in [1.165, 1.54) is 0 Å². The second kappa shape index (κ2) is 7.27. The lowest BCUT2D eigenvalue weighted by molar-refractivity contribution is -0.134. The van der Waals surface area contributed by atoms with E-state index < -0.39 is 17.5 Å². The maximum absolute atomic E-state index is 13.2. The molecule has 4 rings (SSSR count). The van der Waals surface area contributed by atoms with Gasteiger partial charge in [0.1, 0.15) is 12.1 Å². The average Bonchev–Trinajstić information content (AvgIpc) is 3.16. The Balaban J connectivity index is 1.55. The monoisotopic (exact) mass is 405 g/mol. The molecule has 1 saturated heterocycles. The van der Waals surface area contributed by atoms with Crippen molar-refractivity contribution in [2.75, 3.05) is 11.4 Å². The largest absolute Gasteiger partial charge is 0.325 e. The predicted octanol–water partition coefficient (Wildman–Crippen LogP) is 3.55. The van der Waals surface area contributed by atoms with Crippen molar-refractivity contribution in [2.45, 2.75) is 51.6 Å². The summed E-state index contributed by atoms with van der Waals surface area (Å²) in [5, 5.41) is 2.79. The Morgan fingerprint density at radius 1 is 1.13 bits per heavy atom. The van der Waals surface area contributed by atoms with Crippen LogP contribution < -0.4 is 10.2 Å². The summed E-state index contributed by atoms with van der Waals surface area (Å²) in [6.07, 6.45) is 0.766. The summed E-state index contributed by atoms with van der Waals surface area (Å²) in [7, 11) is 0. The van der Waals surface area contributed by atoms with Crippen molar-refractivity contribution < 1.29 is 14.4 Å². The number of benzene rings is 2. The number of imide groups is 1. The predicted molar refractivity (Wildman–Crippen MR) is 115 cm³/mol. The van der Waals surface area contributed by atoms with Crippen LogP contribution in [0.2, 0.25) is 0 Å². The molecule has 0 aliphatic carbocycles. The average molecular weight is 405 g/mol. The van der Waals surface area contributed by atoms with Crippen LogP contribution in [0, 0.1) is 0 Å². The summed E-state index contributed by atoms with van der Waals surface area (Å²) in [5.41, 5.74) is 2.65. The van der Waals surface area contributed by atoms with Crippen LogP contribution in [0.15, 0.2) is 48.5 Å². The van der Waals surface area contributed by atoms with Crippen LogP contribution in [-0.2, 0) is 21.5 Å². The van der Waals surface area contributed by atoms with Gasteiger partial charge in [0.15, 0.2) is 0 Å². The third-order valence-electron chi connectivity index (χ3n) is 6.20. The molecule has 30 heavy (non-hydrogen) atoms. The van der Waals surface area contributed by atoms with Crippen LogP contribution in [0.4, 0.5) is 10.5 Å². The Kier molecular flexibility index (Phi) is 4.88. The molecule has 2 aliphatic heterocycles. The van der Waals surface area contributed by atoms with E-state index in [4.69, 9.17) is 0 Å². The maximum atomic E-state index is 13.2. The zero-order chi connectivity index (χ0) is 21.6. The van der Waals surface area contributed by atoms with Gasteiger partial charge in [0.2, 0.25) is 5.91 Å². The summed E-state index contributed by atoms with van der Waals surface area (Å²) < 4.78 is 0. The number of nitrogens with one attached hydrogen (secondary N) is 1. The number of carbonyl (C=O) groups is 3. The van der Waals surface area contributed by atoms with Crippen LogP contribution in [-0.4, -0.2) is 35.3 Å². The number of anilines is 1. The fourth-order valence-electron chi connectivity index (χ4n) is 4.39. The first-order valence-electron chi connectivity index (χ1n) is 10.4. The fraction of sp³-hybridized carbons (Fsp3) is 0.375. The Labute approximate surface area is 176 Å². The number of hydrogen-bond donors (Lipinski definition) is 1. The zero-order valence-corrected chi connectivity index (χ0v) is 17.8. The fourth-order valence-corrected chi connectivity index (χ4v) is 4.39. The van der Waals surface area contributed by atoms with E-state index in [9.17, 15) is 14.4 Å². The van der Waals surface area contributed by atoms with E-state index >= 15 is 0 Å². The molecule has 0 saturated carbocycles. The molecule has 1 N–H and O–H groups in total. The molecule has 2 aromatic rings. The van der Waals surface area contributed by atoms with Gasteiger partial charge in [-0.1, -0.05) is 56.3 Å². The second-order valence-electron chi connectivity index (χ2n) is 8.67. The van der Waals surface area contributed by atoms with Crippen molar-refractivity contribution in [1.82, 2.24) is 10.2 Å². The molecule has 6 heteroatoms. The highest BCUT2D eigenvalue weighted by molar-refractivity contribution is 6.10. The number of amides is 4. The van der Waals surface area contributed by atoms with Crippen molar-refractivity contribution in [3.05, 3.63) is 65.2 Å². The Hall–Kier alpha value is -3.15. The second-order valence-corrected chi connectivity index (χ2v) is 8.67. The molecule has 1 fully saturated rings. The van der Waals surface area contributed by atoms with E-state index in [0.29, 0.717) is 11.5 Å². The van der Waals surface area contributed by atoms with Crippen molar-refractivity contribution >= 4 is 23.5 Å². The van der Waals surface area contributed by atoms with Gasteiger partial charge in [0, 0.05) is 11.7 Å². The molecule has 4 amide bonds. The van der Waals surface area contributed by atoms with Gasteiger partial charge in [-0.15, -0.1) is 0 Å². The number of hydrogen-bond acceptors (Lipinski definition) is 3. The molecule has 2 aromatic carbocycles. The molecule has 156 valence electrons. The van der Waals surface area contributed by atoms with Crippen LogP contribution in [0.1, 0.15) is 50.3 Å². The van der Waals surface area contributed by atoms with Gasteiger partial charge >= 0.3 is 6.03 Å². The highest BCUT2D eigenvalue weighted by atomic mass is 16.2. The summed E-state index contributed by atoms with van der Waals surface area (Å²) in [5.74, 6) is -0.284. The van der Waals surface area contributed by atoms with Gasteiger partial charge in [-0.2, -0.15) is 0 Å². The molecule has 2 aliphatic rings. The number of para-hydroxylation sites is 1. The summed E-state index contributed by atoms with van der Waals surface area (Å²) in [4.78, 5) is 41.7. The van der Waals surface area contributed by atoms with Crippen LogP contribution in [0.3, 0.4) is 0 Å². The Morgan fingerprint density at radius 2 is 1.80 bits per heavy atom. The number of nitrogens with zero attached hydrogens (tertiary/aromatic N) is 2. The summed E-state index contributed by atoms with van der Waals surface area (Å²) >= 11 is 0. The van der Waals surface area contributed by atoms with Gasteiger partial charge in [-0.05, 0) is 48.9 Å². The number of rotatable bonds is 4. The van der Waals surface area contributed by atoms with Crippen LogP contribution >= 0.6 is 0 Å². The zero-order valence-electron chi connectivity index (χ0n) is 17.8. The van der Waals surface area contributed by atoms with Crippen molar-refractivity contribution in [1.29, 1.82) is 0 Å². The van der Waals surface area contributed by atoms with Gasteiger partial charge < -0.3 is 10.2 Å². The minimum absolute atomic E-state index is 0.00868. The molecule has 0 spiro atoms. The quantitative estimate of drug-likeness (QED) is 0.791. The minimum Gasteiger partial charge on any atom is -0.319 e. The van der Waals surface area contributed by atoms with E-state index in [-0.39, 0.29) is 18.5 Å². The lowest BCUT2D eigenvalue weighted by atomic mass is 9.90. The third-order valence-corrected chi connectivity index (χ3v) is 6.20. The molecule has 2 atom stereocenters. The molecule has 6 nitrogen and oxygen atoms in total. The minimum atomic E-state index is -1.18. The van der Waals surface area contributed by atoms with E-state index in [1.54, 1.807) is 11.8 Å². The van der Waals surface area contributed by atoms with E-state index in [0.717, 1.165) is 28.1 Å². The van der Waals surface area contributed by atoms with Crippen molar-refractivity contribution in [2.24, 2.45) is 0 Å². The molecule has 0 unspecified atom stereocenters. The topological polar surface area (TPSA) is 69.7 Å². The third kappa shape index (κ3) is 3.16. The maximum Gasteiger partial charge on any atom is 0.325 e. The molecular formula is C24H27N3O3. The van der Waals surface area contributed by atoms with Gasteiger partial charge in [-0.25, -0.2) is 4.79 Å². The van der Waals surface area contributed by atoms with Crippen LogP contribution in [0.5, 0.6) is 0 Å². The van der Waals surface area contributed by atoms with Crippen LogP contribution in [0.25, 0.3) is 0 Å². The Morgan fingerprint density at radius 3 is 2.47 bits per heavy atom. The van der Waals surface area contributed by atoms with Crippen molar-refractivity contribution in [3.8, 4) is 0 Å². The number of carbonyl (C=O) groups excluding carboxylic acids is 3. The lowest BCUT2D eigenvalue weighted by Gasteiger charge is -2.26. The number of urea groups is 1. The van der Waals surface area contributed by atoms with Gasteiger partial charge in [0.25, 0.3) is 5.91 Å². The first kappa shape index (κ1) is 20.1. The number of fused-ring (bicyclic) bond motifs is 1. The van der Waals surface area contributed by atoms with Gasteiger partial charge in [-0.3, -0.25) is 14.5 Å². The summed E-state index contributed by atoms with van der Waals surface area (Å²) in [6.45, 7) is 7.59. The standard InChI is InChI=1S/C24H27N3O3/c1-15(2)17-9-11-19(12-10-17)24(4)22(29)26(23(30)25-24)14-21(28)27-16(3)13-18-7-5-6-8-20(18)27/h5-12,15-16H,13-14H2,1-4H3,(H,25,30)/t16-,24+/m1/s1. The summed E-state index contributed by atoms with van der Waals surface area (Å²) in [6, 6.07) is 14.9. The molecular weight excluding hydrogens is 378 g/mol. The highest BCUT2D eigenvalue weighted by Crippen LogP contribution is 2.33. The smallest absolute Gasteiger partial charge is 0.319 e. The lowest BCUT2D eigenvalue weighted by Crippen LogP contribution is -2.46. The normalized spacial score (nSPS) is 23.2. The van der Waals surface area contributed by atoms with E-state index in [2.05, 4.69) is 19.2 Å². The SMILES string of the molecule is CC(C)c1ccc([C@]2(C)NC(=O)N(CC(=O)N3c4ccccc4C[C@H]3C)C2=O)cc1. The molecule has 2 heterocycles. The van der Waals surface area contributed by atoms with E-state index in [1.807, 2.05) is 55.5 Å². The molecule has 0 radical (unpaired) electrons. The molecule has 0 aromatic heterocycles. The first-order chi connectivity index (χ1) is 14.2. The van der Waals surface area contributed by atoms with Crippen molar-refractivity contribution in [3.63, 3.8) is 0 Å². The first-order valence-corrected chi connectivity index (χ1v) is 10.4. The highest BCUT2D eigenvalue weighted by Gasteiger charge is 2.50. The van der Waals surface area contributed by atoms with Gasteiger partial charge in [0.05, 0.1) is 0 Å². The molecule has 0 bridgehead atoms. The Bertz CT molecular complexity index is 1010.